The maximum atomic E-state index is 12.9. The summed E-state index contributed by atoms with van der Waals surface area (Å²) in [5.74, 6) is -2.17. The van der Waals surface area contributed by atoms with E-state index in [0.717, 1.165) is 25.7 Å². The van der Waals surface area contributed by atoms with Crippen molar-refractivity contribution < 1.29 is 24.2 Å². The van der Waals surface area contributed by atoms with E-state index in [0.29, 0.717) is 0 Å². The lowest BCUT2D eigenvalue weighted by Crippen LogP contribution is -2.61. The molecule has 1 rings (SSSR count). The zero-order valence-corrected chi connectivity index (χ0v) is 15.4. The number of methoxy groups -OCH3 is 1. The molecule has 0 aromatic rings. The number of nitrogens with two attached hydrogens (primary N) is 1. The maximum Gasteiger partial charge on any atom is 0.329 e. The van der Waals surface area contributed by atoms with Gasteiger partial charge in [-0.25, -0.2) is 4.79 Å². The quantitative estimate of drug-likeness (QED) is 0.462. The number of hydrogen-bond acceptors (Lipinski definition) is 6. The van der Waals surface area contributed by atoms with E-state index in [4.69, 9.17) is 15.6 Å². The monoisotopic (exact) mass is 360 g/mol. The van der Waals surface area contributed by atoms with Crippen LogP contribution in [0.3, 0.4) is 0 Å². The van der Waals surface area contributed by atoms with Gasteiger partial charge in [-0.05, 0) is 18.3 Å². The van der Waals surface area contributed by atoms with Crippen LogP contribution in [0.1, 0.15) is 46.0 Å². The third-order valence-electron chi connectivity index (χ3n) is 4.73. The molecule has 1 amide bonds. The van der Waals surface area contributed by atoms with Crippen molar-refractivity contribution in [1.29, 1.82) is 0 Å². The van der Waals surface area contributed by atoms with Crippen molar-refractivity contribution in [3.8, 4) is 0 Å². The molecule has 138 valence electrons. The molecule has 0 unspecified atom stereocenters. The van der Waals surface area contributed by atoms with E-state index in [1.54, 1.807) is 0 Å². The number of ether oxygens (including phenoxy) is 1. The molecule has 0 radical (unpaired) electrons. The number of thiol groups is 1. The third-order valence-corrected chi connectivity index (χ3v) is 5.08. The van der Waals surface area contributed by atoms with Crippen molar-refractivity contribution in [1.82, 2.24) is 4.90 Å². The first-order valence-corrected chi connectivity index (χ1v) is 8.77. The van der Waals surface area contributed by atoms with E-state index in [9.17, 15) is 14.4 Å². The fourth-order valence-electron chi connectivity index (χ4n) is 3.39. The molecular weight excluding hydrogens is 332 g/mol. The zero-order valence-electron chi connectivity index (χ0n) is 14.5. The number of carboxylic acid groups (broad SMARTS) is 1. The van der Waals surface area contributed by atoms with Gasteiger partial charge in [0.25, 0.3) is 0 Å². The fourth-order valence-corrected chi connectivity index (χ4v) is 3.72. The lowest BCUT2D eigenvalue weighted by atomic mass is 9.72. The summed E-state index contributed by atoms with van der Waals surface area (Å²) >= 11 is 4.21. The van der Waals surface area contributed by atoms with Gasteiger partial charge in [-0.3, -0.25) is 9.59 Å². The van der Waals surface area contributed by atoms with Crippen molar-refractivity contribution >= 4 is 30.5 Å². The first kappa shape index (κ1) is 20.8. The highest BCUT2D eigenvalue weighted by Gasteiger charge is 2.44. The minimum atomic E-state index is -1.20. The van der Waals surface area contributed by atoms with Gasteiger partial charge in [0.15, 0.2) is 0 Å². The van der Waals surface area contributed by atoms with Crippen molar-refractivity contribution in [2.45, 2.75) is 64.1 Å². The van der Waals surface area contributed by atoms with Gasteiger partial charge in [0.2, 0.25) is 5.91 Å². The average molecular weight is 360 g/mol. The normalized spacial score (nSPS) is 22.3. The Balaban J connectivity index is 3.21. The van der Waals surface area contributed by atoms with Crippen molar-refractivity contribution in [2.24, 2.45) is 11.1 Å². The van der Waals surface area contributed by atoms with Crippen LogP contribution in [0.2, 0.25) is 0 Å². The predicted molar refractivity (Wildman–Crippen MR) is 92.8 cm³/mol. The molecule has 7 nitrogen and oxygen atoms in total. The van der Waals surface area contributed by atoms with Crippen molar-refractivity contribution in [2.75, 3.05) is 12.9 Å². The van der Waals surface area contributed by atoms with Crippen LogP contribution < -0.4 is 5.73 Å². The Morgan fingerprint density at radius 2 is 2.00 bits per heavy atom. The van der Waals surface area contributed by atoms with Crippen LogP contribution in [0.5, 0.6) is 0 Å². The van der Waals surface area contributed by atoms with E-state index in [1.165, 1.54) is 12.0 Å². The molecule has 0 spiro atoms. The molecule has 0 bridgehead atoms. The van der Waals surface area contributed by atoms with Gasteiger partial charge < -0.3 is 20.5 Å². The minimum absolute atomic E-state index is 0.0881. The molecule has 24 heavy (non-hydrogen) atoms. The van der Waals surface area contributed by atoms with Crippen LogP contribution in [0.4, 0.5) is 0 Å². The highest BCUT2D eigenvalue weighted by molar-refractivity contribution is 7.80. The number of rotatable bonds is 7. The summed E-state index contributed by atoms with van der Waals surface area (Å²) in [6, 6.07) is -2.30. The minimum Gasteiger partial charge on any atom is -0.481 e. The van der Waals surface area contributed by atoms with Crippen LogP contribution in [-0.2, 0) is 19.1 Å². The molecule has 0 heterocycles. The summed E-state index contributed by atoms with van der Waals surface area (Å²) < 4.78 is 4.82. The Morgan fingerprint density at radius 1 is 1.38 bits per heavy atom. The zero-order chi connectivity index (χ0) is 18.5. The molecule has 0 aromatic carbocycles. The number of carbonyl (C=O) groups excluding carboxylic acids is 2. The van der Waals surface area contributed by atoms with Gasteiger partial charge in [-0.1, -0.05) is 26.7 Å². The molecular formula is C16H28N2O5S. The van der Waals surface area contributed by atoms with Crippen LogP contribution in [0.15, 0.2) is 0 Å². The van der Waals surface area contributed by atoms with Gasteiger partial charge in [0.1, 0.15) is 6.04 Å². The van der Waals surface area contributed by atoms with Crippen LogP contribution in [0.25, 0.3) is 0 Å². The first-order chi connectivity index (χ1) is 11.2. The average Bonchev–Trinajstić information content (AvgIpc) is 2.50. The lowest BCUT2D eigenvalue weighted by Gasteiger charge is -2.48. The summed E-state index contributed by atoms with van der Waals surface area (Å²) in [6.45, 7) is 4.10. The third kappa shape index (κ3) is 4.86. The number of carbonyl (C=O) groups is 3. The number of carboxylic acids is 1. The molecule has 0 saturated heterocycles. The SMILES string of the molecule is COC(=O)[C@H](CS)N(C(=O)[C@@H](N)CC(=O)O)[C@H]1CCCCC1(C)C. The van der Waals surface area contributed by atoms with Crippen LogP contribution in [-0.4, -0.2) is 58.8 Å². The Labute approximate surface area is 148 Å². The molecule has 1 aliphatic carbocycles. The summed E-state index contributed by atoms with van der Waals surface area (Å²) in [5.41, 5.74) is 5.60. The Bertz CT molecular complexity index is 483. The lowest BCUT2D eigenvalue weighted by molar-refractivity contribution is -0.158. The summed E-state index contributed by atoms with van der Waals surface area (Å²) in [7, 11) is 1.25. The number of hydrogen-bond donors (Lipinski definition) is 3. The largest absolute Gasteiger partial charge is 0.481 e. The van der Waals surface area contributed by atoms with E-state index in [2.05, 4.69) is 12.6 Å². The van der Waals surface area contributed by atoms with E-state index in [1.807, 2.05) is 13.8 Å². The van der Waals surface area contributed by atoms with Gasteiger partial charge in [-0.15, -0.1) is 0 Å². The Kier molecular flexibility index (Phi) is 7.54. The number of nitrogens with zero attached hydrogens (tertiary/aromatic N) is 1. The van der Waals surface area contributed by atoms with Crippen LogP contribution >= 0.6 is 12.6 Å². The van der Waals surface area contributed by atoms with Gasteiger partial charge in [0, 0.05) is 11.8 Å². The predicted octanol–water partition coefficient (Wildman–Crippen LogP) is 1.06. The highest BCUT2D eigenvalue weighted by atomic mass is 32.1. The van der Waals surface area contributed by atoms with E-state index < -0.39 is 36.4 Å². The maximum absolute atomic E-state index is 12.9. The Morgan fingerprint density at radius 3 is 2.46 bits per heavy atom. The standard InChI is InChI=1S/C16H28N2O5S/c1-16(2)7-5-4-6-12(16)18(11(9-24)15(22)23-3)14(21)10(17)8-13(19)20/h10-12,24H,4-9,17H2,1-3H3,(H,19,20)/t10-,11-,12-/m0/s1. The first-order valence-electron chi connectivity index (χ1n) is 8.14. The van der Waals surface area contributed by atoms with Gasteiger partial charge in [0.05, 0.1) is 19.6 Å². The van der Waals surface area contributed by atoms with Gasteiger partial charge >= 0.3 is 11.9 Å². The summed E-state index contributed by atoms with van der Waals surface area (Å²) in [4.78, 5) is 37.4. The molecule has 8 heteroatoms. The van der Waals surface area contributed by atoms with Crippen molar-refractivity contribution in [3.05, 3.63) is 0 Å². The second-order valence-corrected chi connectivity index (χ2v) is 7.29. The Hall–Kier alpha value is -1.28. The molecule has 1 fully saturated rings. The second kappa shape index (κ2) is 8.71. The molecule has 3 N–H and O–H groups in total. The molecule has 0 aliphatic heterocycles. The van der Waals surface area contributed by atoms with Crippen LogP contribution in [0, 0.1) is 5.41 Å². The number of amides is 1. The molecule has 3 atom stereocenters. The summed E-state index contributed by atoms with van der Waals surface area (Å²) in [6.07, 6.45) is 3.15. The number of esters is 1. The topological polar surface area (TPSA) is 110 Å². The highest BCUT2D eigenvalue weighted by Crippen LogP contribution is 2.40. The molecule has 0 aromatic heterocycles. The van der Waals surface area contributed by atoms with E-state index in [-0.39, 0.29) is 17.2 Å². The van der Waals surface area contributed by atoms with E-state index >= 15 is 0 Å². The fraction of sp³-hybridized carbons (Fsp3) is 0.812. The number of aliphatic carboxylic acids is 1. The molecule has 1 aliphatic rings. The summed E-state index contributed by atoms with van der Waals surface area (Å²) in [5, 5.41) is 8.92. The smallest absolute Gasteiger partial charge is 0.329 e. The van der Waals surface area contributed by atoms with Crippen molar-refractivity contribution in [3.63, 3.8) is 0 Å². The molecule has 1 saturated carbocycles. The second-order valence-electron chi connectivity index (χ2n) is 6.92. The van der Waals surface area contributed by atoms with Gasteiger partial charge in [-0.2, -0.15) is 12.6 Å².